The molecule has 1 unspecified atom stereocenters. The molecule has 1 rings (SSSR count). The van der Waals surface area contributed by atoms with E-state index in [4.69, 9.17) is 5.73 Å². The molecular formula is C10H17N3S. The zero-order valence-corrected chi connectivity index (χ0v) is 9.71. The first-order chi connectivity index (χ1) is 6.63. The standard InChI is InChI=1S/C10H17N3S/c1-7(2)8(3)14-10-12-5-9(4-11)6-13-10/h5-8H,4,11H2,1-3H3. The van der Waals surface area contributed by atoms with Crippen molar-refractivity contribution in [2.45, 2.75) is 37.7 Å². The molecule has 0 aliphatic rings. The van der Waals surface area contributed by atoms with E-state index in [1.54, 1.807) is 24.2 Å². The highest BCUT2D eigenvalue weighted by molar-refractivity contribution is 7.99. The Hall–Kier alpha value is -0.610. The van der Waals surface area contributed by atoms with Gasteiger partial charge in [0.05, 0.1) is 0 Å². The monoisotopic (exact) mass is 211 g/mol. The van der Waals surface area contributed by atoms with Gasteiger partial charge in [0.2, 0.25) is 0 Å². The van der Waals surface area contributed by atoms with Crippen LogP contribution in [0.5, 0.6) is 0 Å². The van der Waals surface area contributed by atoms with Crippen molar-refractivity contribution < 1.29 is 0 Å². The number of hydrogen-bond acceptors (Lipinski definition) is 4. The molecule has 3 nitrogen and oxygen atoms in total. The van der Waals surface area contributed by atoms with Gasteiger partial charge in [-0.1, -0.05) is 32.5 Å². The van der Waals surface area contributed by atoms with Gasteiger partial charge in [0.15, 0.2) is 5.16 Å². The second-order valence-corrected chi connectivity index (χ2v) is 4.99. The van der Waals surface area contributed by atoms with Crippen molar-refractivity contribution in [3.05, 3.63) is 18.0 Å². The van der Waals surface area contributed by atoms with E-state index < -0.39 is 0 Å². The van der Waals surface area contributed by atoms with Gasteiger partial charge in [-0.15, -0.1) is 0 Å². The van der Waals surface area contributed by atoms with E-state index in [2.05, 4.69) is 30.7 Å². The van der Waals surface area contributed by atoms with Gasteiger partial charge in [0.25, 0.3) is 0 Å². The maximum Gasteiger partial charge on any atom is 0.187 e. The Morgan fingerprint density at radius 1 is 1.29 bits per heavy atom. The number of hydrogen-bond donors (Lipinski definition) is 1. The lowest BCUT2D eigenvalue weighted by Crippen LogP contribution is -2.07. The van der Waals surface area contributed by atoms with E-state index in [9.17, 15) is 0 Å². The van der Waals surface area contributed by atoms with Crippen molar-refractivity contribution >= 4 is 11.8 Å². The zero-order chi connectivity index (χ0) is 10.6. The van der Waals surface area contributed by atoms with E-state index in [1.807, 2.05) is 0 Å². The van der Waals surface area contributed by atoms with Crippen molar-refractivity contribution in [2.75, 3.05) is 0 Å². The summed E-state index contributed by atoms with van der Waals surface area (Å²) in [5.74, 6) is 0.637. The first-order valence-electron chi connectivity index (χ1n) is 4.81. The lowest BCUT2D eigenvalue weighted by atomic mass is 10.2. The van der Waals surface area contributed by atoms with Gasteiger partial charge in [0.1, 0.15) is 0 Å². The smallest absolute Gasteiger partial charge is 0.187 e. The van der Waals surface area contributed by atoms with Gasteiger partial charge in [-0.2, -0.15) is 0 Å². The Morgan fingerprint density at radius 3 is 2.29 bits per heavy atom. The summed E-state index contributed by atoms with van der Waals surface area (Å²) in [6.45, 7) is 7.10. The topological polar surface area (TPSA) is 51.8 Å². The van der Waals surface area contributed by atoms with Crippen LogP contribution in [0.15, 0.2) is 17.6 Å². The average molecular weight is 211 g/mol. The summed E-state index contributed by atoms with van der Waals surface area (Å²) in [5.41, 5.74) is 6.44. The zero-order valence-electron chi connectivity index (χ0n) is 8.90. The first-order valence-corrected chi connectivity index (χ1v) is 5.69. The first kappa shape index (κ1) is 11.5. The van der Waals surface area contributed by atoms with Crippen LogP contribution in [0.4, 0.5) is 0 Å². The van der Waals surface area contributed by atoms with Crippen LogP contribution in [-0.4, -0.2) is 15.2 Å². The second-order valence-electron chi connectivity index (χ2n) is 3.64. The largest absolute Gasteiger partial charge is 0.326 e. The Bertz CT molecular complexity index is 271. The van der Waals surface area contributed by atoms with Gasteiger partial charge < -0.3 is 5.73 Å². The van der Waals surface area contributed by atoms with Gasteiger partial charge in [0, 0.05) is 29.8 Å². The molecule has 0 spiro atoms. The number of nitrogens with zero attached hydrogens (tertiary/aromatic N) is 2. The Kier molecular flexibility index (Phi) is 4.35. The maximum absolute atomic E-state index is 5.46. The summed E-state index contributed by atoms with van der Waals surface area (Å²) >= 11 is 1.71. The van der Waals surface area contributed by atoms with Crippen LogP contribution in [0, 0.1) is 5.92 Å². The van der Waals surface area contributed by atoms with Crippen LogP contribution in [0.2, 0.25) is 0 Å². The van der Waals surface area contributed by atoms with E-state index in [0.29, 0.717) is 17.7 Å². The lowest BCUT2D eigenvalue weighted by Gasteiger charge is -2.13. The minimum atomic E-state index is 0.505. The van der Waals surface area contributed by atoms with Crippen LogP contribution in [0.3, 0.4) is 0 Å². The summed E-state index contributed by atoms with van der Waals surface area (Å²) in [4.78, 5) is 8.49. The molecule has 14 heavy (non-hydrogen) atoms. The van der Waals surface area contributed by atoms with Crippen LogP contribution >= 0.6 is 11.8 Å². The molecule has 0 saturated carbocycles. The van der Waals surface area contributed by atoms with E-state index in [0.717, 1.165) is 10.7 Å². The molecular weight excluding hydrogens is 194 g/mol. The molecule has 1 atom stereocenters. The SMILES string of the molecule is CC(C)C(C)Sc1ncc(CN)cn1. The third-order valence-electron chi connectivity index (χ3n) is 2.15. The van der Waals surface area contributed by atoms with Gasteiger partial charge >= 0.3 is 0 Å². The van der Waals surface area contributed by atoms with E-state index in [1.165, 1.54) is 0 Å². The Labute approximate surface area is 89.5 Å². The third kappa shape index (κ3) is 3.27. The van der Waals surface area contributed by atoms with Crippen molar-refractivity contribution in [1.82, 2.24) is 9.97 Å². The Morgan fingerprint density at radius 2 is 1.86 bits per heavy atom. The van der Waals surface area contributed by atoms with Crippen LogP contribution < -0.4 is 5.73 Å². The minimum absolute atomic E-state index is 0.505. The lowest BCUT2D eigenvalue weighted by molar-refractivity contribution is 0.640. The van der Waals surface area contributed by atoms with Crippen molar-refractivity contribution in [3.8, 4) is 0 Å². The molecule has 0 bridgehead atoms. The molecule has 1 aromatic rings. The van der Waals surface area contributed by atoms with Gasteiger partial charge in [-0.3, -0.25) is 0 Å². The predicted molar refractivity (Wildman–Crippen MR) is 60.1 cm³/mol. The van der Waals surface area contributed by atoms with Crippen molar-refractivity contribution in [2.24, 2.45) is 11.7 Å². The molecule has 0 fully saturated rings. The fourth-order valence-corrected chi connectivity index (χ4v) is 1.64. The summed E-state index contributed by atoms with van der Waals surface area (Å²) < 4.78 is 0. The fourth-order valence-electron chi connectivity index (χ4n) is 0.812. The van der Waals surface area contributed by atoms with Crippen molar-refractivity contribution in [1.29, 1.82) is 0 Å². The highest BCUT2D eigenvalue weighted by Crippen LogP contribution is 2.24. The minimum Gasteiger partial charge on any atom is -0.326 e. The van der Waals surface area contributed by atoms with Gasteiger partial charge in [-0.25, -0.2) is 9.97 Å². The number of rotatable bonds is 4. The number of nitrogens with two attached hydrogens (primary N) is 1. The average Bonchev–Trinajstić information content (AvgIpc) is 2.19. The normalized spacial score (nSPS) is 13.2. The molecule has 0 amide bonds. The summed E-state index contributed by atoms with van der Waals surface area (Å²) in [6, 6.07) is 0. The highest BCUT2D eigenvalue weighted by Gasteiger charge is 2.10. The van der Waals surface area contributed by atoms with E-state index >= 15 is 0 Å². The van der Waals surface area contributed by atoms with Crippen molar-refractivity contribution in [3.63, 3.8) is 0 Å². The van der Waals surface area contributed by atoms with Crippen LogP contribution in [0.1, 0.15) is 26.3 Å². The Balaban J connectivity index is 2.59. The van der Waals surface area contributed by atoms with E-state index in [-0.39, 0.29) is 0 Å². The third-order valence-corrected chi connectivity index (χ3v) is 3.49. The molecule has 0 aliphatic heterocycles. The second kappa shape index (κ2) is 5.32. The molecule has 1 aromatic heterocycles. The van der Waals surface area contributed by atoms with Crippen LogP contribution in [0.25, 0.3) is 0 Å². The highest BCUT2D eigenvalue weighted by atomic mass is 32.2. The predicted octanol–water partition coefficient (Wildman–Crippen LogP) is 2.07. The summed E-state index contributed by atoms with van der Waals surface area (Å²) in [5, 5.41) is 1.38. The number of thioether (sulfide) groups is 1. The maximum atomic E-state index is 5.46. The van der Waals surface area contributed by atoms with Crippen LogP contribution in [-0.2, 0) is 6.54 Å². The molecule has 0 radical (unpaired) electrons. The molecule has 2 N–H and O–H groups in total. The molecule has 1 heterocycles. The molecule has 0 aliphatic carbocycles. The molecule has 4 heteroatoms. The quantitative estimate of drug-likeness (QED) is 0.612. The molecule has 0 aromatic carbocycles. The van der Waals surface area contributed by atoms with Gasteiger partial charge in [-0.05, 0) is 5.92 Å². The summed E-state index contributed by atoms with van der Waals surface area (Å²) in [6.07, 6.45) is 3.59. The molecule has 78 valence electrons. The number of aromatic nitrogens is 2. The fraction of sp³-hybridized carbons (Fsp3) is 0.600. The molecule has 0 saturated heterocycles. The summed E-state index contributed by atoms with van der Waals surface area (Å²) in [7, 11) is 0.